The standard InChI is InChI=1S/C46H86N8O9/c1-17-34(44(60)49(13)33(12)43(59)54(18-2)37(30(7)8)41(47)57)48-42(58)39(40(56)32(11)21-22-53-23-25-63-26-24-53)52(16)46(62)38(31(9)10)51(15)45(61)35(27-29(5)6)50(14)36(55)20-19-28(3)4/h28-35,37-40,56H,17-27H2,1-16H3,(H2,47,57)(H,48,58)/t32-,33-,34+,35+,37+,38+,39+,40-/m1/s1. The van der Waals surface area contributed by atoms with Gasteiger partial charge >= 0.3 is 0 Å². The van der Waals surface area contributed by atoms with Crippen LogP contribution in [-0.2, 0) is 38.3 Å². The molecule has 0 radical (unpaired) electrons. The van der Waals surface area contributed by atoms with Crippen LogP contribution in [0.25, 0.3) is 0 Å². The zero-order chi connectivity index (χ0) is 48.6. The highest BCUT2D eigenvalue weighted by molar-refractivity contribution is 5.97. The quantitative estimate of drug-likeness (QED) is 0.116. The fourth-order valence-corrected chi connectivity index (χ4v) is 8.27. The molecule has 0 spiro atoms. The number of nitrogens with two attached hydrogens (primary N) is 1. The molecule has 0 unspecified atom stereocenters. The molecule has 17 heteroatoms. The first-order chi connectivity index (χ1) is 29.3. The highest BCUT2D eigenvalue weighted by Gasteiger charge is 2.44. The van der Waals surface area contributed by atoms with E-state index in [1.165, 1.54) is 45.6 Å². The van der Waals surface area contributed by atoms with Crippen molar-refractivity contribution in [2.75, 3.05) is 67.6 Å². The molecule has 4 N–H and O–H groups in total. The molecule has 0 saturated carbocycles. The van der Waals surface area contributed by atoms with Crippen LogP contribution in [0.4, 0.5) is 0 Å². The van der Waals surface area contributed by atoms with Crippen LogP contribution in [-0.4, -0.2) is 186 Å². The Kier molecular flexibility index (Phi) is 24.4. The predicted molar refractivity (Wildman–Crippen MR) is 245 cm³/mol. The van der Waals surface area contributed by atoms with Crippen molar-refractivity contribution in [1.82, 2.24) is 34.7 Å². The highest BCUT2D eigenvalue weighted by Crippen LogP contribution is 2.24. The van der Waals surface area contributed by atoms with Gasteiger partial charge in [-0.2, -0.15) is 0 Å². The lowest BCUT2D eigenvalue weighted by Gasteiger charge is -2.41. The van der Waals surface area contributed by atoms with Crippen molar-refractivity contribution in [3.05, 3.63) is 0 Å². The van der Waals surface area contributed by atoms with Gasteiger partial charge in [-0.1, -0.05) is 69.2 Å². The van der Waals surface area contributed by atoms with Crippen LogP contribution in [0.15, 0.2) is 0 Å². The largest absolute Gasteiger partial charge is 0.390 e. The molecule has 0 aromatic heterocycles. The third-order valence-electron chi connectivity index (χ3n) is 12.6. The number of nitrogens with one attached hydrogen (secondary N) is 1. The summed E-state index contributed by atoms with van der Waals surface area (Å²) in [6.07, 6.45) is 0.534. The van der Waals surface area contributed by atoms with Gasteiger partial charge in [0.15, 0.2) is 0 Å². The van der Waals surface area contributed by atoms with Crippen molar-refractivity contribution in [3.63, 3.8) is 0 Å². The fraction of sp³-hybridized carbons (Fsp3) is 0.848. The van der Waals surface area contributed by atoms with Gasteiger partial charge in [0.25, 0.3) is 0 Å². The van der Waals surface area contributed by atoms with Crippen molar-refractivity contribution in [2.24, 2.45) is 35.3 Å². The van der Waals surface area contributed by atoms with Gasteiger partial charge in [-0.05, 0) is 75.7 Å². The van der Waals surface area contributed by atoms with E-state index in [9.17, 15) is 38.7 Å². The first-order valence-corrected chi connectivity index (χ1v) is 23.2. The summed E-state index contributed by atoms with van der Waals surface area (Å²) in [5, 5.41) is 14.9. The molecule has 0 aromatic carbocycles. The summed E-state index contributed by atoms with van der Waals surface area (Å²) >= 11 is 0. The third-order valence-corrected chi connectivity index (χ3v) is 12.6. The molecular formula is C46H86N8O9. The monoisotopic (exact) mass is 895 g/mol. The van der Waals surface area contributed by atoms with Crippen LogP contribution in [0.5, 0.6) is 0 Å². The van der Waals surface area contributed by atoms with Crippen molar-refractivity contribution in [2.45, 2.75) is 158 Å². The zero-order valence-electron chi connectivity index (χ0n) is 41.7. The Morgan fingerprint density at radius 3 is 1.68 bits per heavy atom. The molecule has 0 aliphatic carbocycles. The third kappa shape index (κ3) is 16.3. The topological polar surface area (TPSA) is 206 Å². The SMILES string of the molecule is CC[C@H](NC(=O)[C@H]([C@H](O)[C@H](C)CCN1CCOCC1)N(C)C(=O)[C@H](C(C)C)N(C)C(=O)[C@H](CC(C)C)N(C)C(=O)CCC(C)C)C(=O)N(C)[C@H](C)C(=O)N(CC)[C@H](C(N)=O)C(C)C. The van der Waals surface area contributed by atoms with Crippen LogP contribution >= 0.6 is 0 Å². The van der Waals surface area contributed by atoms with E-state index in [-0.39, 0.29) is 37.1 Å². The summed E-state index contributed by atoms with van der Waals surface area (Å²) in [6, 6.07) is -6.48. The Labute approximate surface area is 379 Å². The lowest BCUT2D eigenvalue weighted by atomic mass is 9.91. The van der Waals surface area contributed by atoms with E-state index in [0.29, 0.717) is 44.9 Å². The van der Waals surface area contributed by atoms with E-state index >= 15 is 0 Å². The lowest BCUT2D eigenvalue weighted by Crippen LogP contribution is -2.63. The molecule has 1 aliphatic heterocycles. The summed E-state index contributed by atoms with van der Waals surface area (Å²) in [5.74, 6) is -4.54. The fourth-order valence-electron chi connectivity index (χ4n) is 8.27. The molecular weight excluding hydrogens is 809 g/mol. The summed E-state index contributed by atoms with van der Waals surface area (Å²) in [5.41, 5.74) is 5.68. The van der Waals surface area contributed by atoms with Crippen LogP contribution in [0.2, 0.25) is 0 Å². The highest BCUT2D eigenvalue weighted by atomic mass is 16.5. The van der Waals surface area contributed by atoms with Gasteiger partial charge < -0.3 is 45.4 Å². The lowest BCUT2D eigenvalue weighted by molar-refractivity contribution is -0.156. The van der Waals surface area contributed by atoms with Crippen LogP contribution < -0.4 is 11.1 Å². The maximum Gasteiger partial charge on any atom is 0.246 e. The Bertz CT molecular complexity index is 1500. The molecule has 63 heavy (non-hydrogen) atoms. The molecule has 0 bridgehead atoms. The number of aliphatic hydroxyl groups is 1. The normalized spacial score (nSPS) is 17.3. The number of morpholine rings is 1. The average molecular weight is 895 g/mol. The Hall–Kier alpha value is -3.83. The average Bonchev–Trinajstić information content (AvgIpc) is 3.22. The van der Waals surface area contributed by atoms with Crippen LogP contribution in [0.1, 0.15) is 115 Å². The number of likely N-dealkylation sites (N-methyl/N-ethyl adjacent to an activating group) is 5. The number of nitrogens with zero attached hydrogens (tertiary/aromatic N) is 6. The van der Waals surface area contributed by atoms with Crippen molar-refractivity contribution in [3.8, 4) is 0 Å². The number of primary amides is 1. The predicted octanol–water partition coefficient (Wildman–Crippen LogP) is 2.43. The second kappa shape index (κ2) is 26.8. The number of amides is 7. The first kappa shape index (κ1) is 57.2. The Morgan fingerprint density at radius 1 is 0.683 bits per heavy atom. The van der Waals surface area contributed by atoms with Gasteiger partial charge in [0.1, 0.15) is 36.3 Å². The molecule has 364 valence electrons. The number of carbonyl (C=O) groups excluding carboxylic acids is 7. The Balaban J connectivity index is 3.63. The van der Waals surface area contributed by atoms with E-state index in [1.807, 2.05) is 27.7 Å². The maximum atomic E-state index is 14.8. The molecule has 7 amide bonds. The summed E-state index contributed by atoms with van der Waals surface area (Å²) in [6.45, 7) is 25.3. The number of carbonyl (C=O) groups is 7. The number of hydrogen-bond donors (Lipinski definition) is 3. The van der Waals surface area contributed by atoms with Gasteiger partial charge in [-0.15, -0.1) is 0 Å². The smallest absolute Gasteiger partial charge is 0.246 e. The van der Waals surface area contributed by atoms with Crippen LogP contribution in [0, 0.1) is 29.6 Å². The van der Waals surface area contributed by atoms with E-state index < -0.39 is 89.6 Å². The van der Waals surface area contributed by atoms with Crippen molar-refractivity contribution < 1.29 is 43.4 Å². The minimum absolute atomic E-state index is 0.0535. The zero-order valence-corrected chi connectivity index (χ0v) is 41.7. The summed E-state index contributed by atoms with van der Waals surface area (Å²) in [4.78, 5) is 106. The molecule has 1 saturated heterocycles. The second-order valence-electron chi connectivity index (χ2n) is 19.1. The number of hydrogen-bond acceptors (Lipinski definition) is 10. The second-order valence-corrected chi connectivity index (χ2v) is 19.1. The number of aliphatic hydroxyl groups excluding tert-OH is 1. The molecule has 8 atom stereocenters. The molecule has 1 heterocycles. The van der Waals surface area contributed by atoms with Crippen LogP contribution in [0.3, 0.4) is 0 Å². The Morgan fingerprint density at radius 2 is 1.22 bits per heavy atom. The molecule has 0 aromatic rings. The van der Waals surface area contributed by atoms with Crippen molar-refractivity contribution in [1.29, 1.82) is 0 Å². The number of rotatable bonds is 26. The number of ether oxygens (including phenoxy) is 1. The molecule has 1 fully saturated rings. The van der Waals surface area contributed by atoms with Gasteiger partial charge in [0.05, 0.1) is 19.3 Å². The van der Waals surface area contributed by atoms with Gasteiger partial charge in [-0.3, -0.25) is 38.5 Å². The minimum Gasteiger partial charge on any atom is -0.390 e. The van der Waals surface area contributed by atoms with Gasteiger partial charge in [0.2, 0.25) is 41.4 Å². The van der Waals surface area contributed by atoms with Gasteiger partial charge in [-0.25, -0.2) is 0 Å². The van der Waals surface area contributed by atoms with Crippen molar-refractivity contribution >= 4 is 41.4 Å². The van der Waals surface area contributed by atoms with E-state index in [2.05, 4.69) is 10.2 Å². The molecule has 17 nitrogen and oxygen atoms in total. The van der Waals surface area contributed by atoms with E-state index in [0.717, 1.165) is 13.1 Å². The molecule has 1 aliphatic rings. The van der Waals surface area contributed by atoms with E-state index in [1.54, 1.807) is 62.4 Å². The molecule has 1 rings (SSSR count). The first-order valence-electron chi connectivity index (χ1n) is 23.2. The summed E-state index contributed by atoms with van der Waals surface area (Å²) in [7, 11) is 6.02. The minimum atomic E-state index is -1.49. The summed E-state index contributed by atoms with van der Waals surface area (Å²) < 4.78 is 5.49. The maximum absolute atomic E-state index is 14.8. The van der Waals surface area contributed by atoms with Gasteiger partial charge in [0, 0.05) is 54.2 Å². The van der Waals surface area contributed by atoms with E-state index in [4.69, 9.17) is 10.5 Å².